The number of aryl methyl sites for hydroxylation is 1. The fourth-order valence-corrected chi connectivity index (χ4v) is 1.69. The van der Waals surface area contributed by atoms with Gasteiger partial charge < -0.3 is 4.74 Å². The van der Waals surface area contributed by atoms with Crippen LogP contribution in [0.15, 0.2) is 48.9 Å². The zero-order valence-corrected chi connectivity index (χ0v) is 11.0. The van der Waals surface area contributed by atoms with Crippen LogP contribution < -0.4 is 4.74 Å². The van der Waals surface area contributed by atoms with E-state index in [0.717, 1.165) is 11.4 Å². The van der Waals surface area contributed by atoms with Gasteiger partial charge in [-0.3, -0.25) is 0 Å². The van der Waals surface area contributed by atoms with Crippen LogP contribution in [0.5, 0.6) is 6.01 Å². The summed E-state index contributed by atoms with van der Waals surface area (Å²) >= 11 is 0. The average Bonchev–Trinajstić information content (AvgIpc) is 2.96. The third-order valence-corrected chi connectivity index (χ3v) is 2.73. The molecule has 6 heteroatoms. The van der Waals surface area contributed by atoms with E-state index in [2.05, 4.69) is 20.3 Å². The van der Waals surface area contributed by atoms with Gasteiger partial charge >= 0.3 is 6.01 Å². The second kappa shape index (κ2) is 5.48. The van der Waals surface area contributed by atoms with E-state index in [4.69, 9.17) is 4.74 Å². The molecule has 0 spiro atoms. The summed E-state index contributed by atoms with van der Waals surface area (Å²) in [4.78, 5) is 7.96. The monoisotopic (exact) mass is 267 g/mol. The molecule has 0 aliphatic carbocycles. The summed E-state index contributed by atoms with van der Waals surface area (Å²) in [5.74, 6) is 0. The molecule has 0 radical (unpaired) electrons. The zero-order chi connectivity index (χ0) is 13.8. The summed E-state index contributed by atoms with van der Waals surface area (Å²) < 4.78 is 7.13. The molecule has 0 saturated heterocycles. The molecule has 2 aromatic heterocycles. The Bertz CT molecular complexity index is 678. The van der Waals surface area contributed by atoms with E-state index in [0.29, 0.717) is 6.01 Å². The Morgan fingerprint density at radius 1 is 1.10 bits per heavy atom. The standard InChI is InChI=1S/C14H13N5O/c1-11-3-5-13(6-4-11)19-9-12(17-18-19)10-20-14-15-7-2-8-16-14/h2-9H,10H2,1H3. The van der Waals surface area contributed by atoms with Gasteiger partial charge in [-0.05, 0) is 25.1 Å². The minimum absolute atomic E-state index is 0.288. The molecule has 0 amide bonds. The normalized spacial score (nSPS) is 10.4. The van der Waals surface area contributed by atoms with Gasteiger partial charge in [-0.1, -0.05) is 22.9 Å². The Labute approximate surface area is 116 Å². The number of hydrogen-bond acceptors (Lipinski definition) is 5. The molecule has 1 aromatic carbocycles. The van der Waals surface area contributed by atoms with Crippen molar-refractivity contribution in [1.82, 2.24) is 25.0 Å². The third kappa shape index (κ3) is 2.80. The predicted molar refractivity (Wildman–Crippen MR) is 72.5 cm³/mol. The number of nitrogens with zero attached hydrogens (tertiary/aromatic N) is 5. The Morgan fingerprint density at radius 2 is 1.85 bits per heavy atom. The van der Waals surface area contributed by atoms with Crippen LogP contribution in [0.3, 0.4) is 0 Å². The van der Waals surface area contributed by atoms with Crippen LogP contribution >= 0.6 is 0 Å². The summed E-state index contributed by atoms with van der Waals surface area (Å²) in [6.07, 6.45) is 5.09. The molecule has 0 aliphatic heterocycles. The lowest BCUT2D eigenvalue weighted by atomic mass is 10.2. The van der Waals surface area contributed by atoms with Crippen LogP contribution in [0.4, 0.5) is 0 Å². The maximum absolute atomic E-state index is 5.42. The highest BCUT2D eigenvalue weighted by Crippen LogP contribution is 2.09. The highest BCUT2D eigenvalue weighted by molar-refractivity contribution is 5.33. The molecule has 3 aromatic rings. The van der Waals surface area contributed by atoms with E-state index in [9.17, 15) is 0 Å². The minimum atomic E-state index is 0.288. The summed E-state index contributed by atoms with van der Waals surface area (Å²) in [5.41, 5.74) is 2.89. The molecule has 20 heavy (non-hydrogen) atoms. The van der Waals surface area contributed by atoms with Crippen molar-refractivity contribution >= 4 is 0 Å². The zero-order valence-electron chi connectivity index (χ0n) is 11.0. The van der Waals surface area contributed by atoms with E-state index in [-0.39, 0.29) is 6.61 Å². The molecule has 0 aliphatic rings. The van der Waals surface area contributed by atoms with Gasteiger partial charge in [0.25, 0.3) is 0 Å². The fraction of sp³-hybridized carbons (Fsp3) is 0.143. The Balaban J connectivity index is 1.69. The second-order valence-electron chi connectivity index (χ2n) is 4.31. The molecule has 0 N–H and O–H groups in total. The maximum Gasteiger partial charge on any atom is 0.316 e. The largest absolute Gasteiger partial charge is 0.457 e. The maximum atomic E-state index is 5.42. The van der Waals surface area contributed by atoms with Crippen LogP contribution in [-0.4, -0.2) is 25.0 Å². The van der Waals surface area contributed by atoms with E-state index in [1.807, 2.05) is 37.4 Å². The van der Waals surface area contributed by atoms with Crippen molar-refractivity contribution in [2.75, 3.05) is 0 Å². The van der Waals surface area contributed by atoms with Crippen molar-refractivity contribution < 1.29 is 4.74 Å². The smallest absolute Gasteiger partial charge is 0.316 e. The molecule has 0 fully saturated rings. The molecule has 100 valence electrons. The highest BCUT2D eigenvalue weighted by Gasteiger charge is 2.04. The van der Waals surface area contributed by atoms with Crippen molar-refractivity contribution in [3.63, 3.8) is 0 Å². The van der Waals surface area contributed by atoms with Gasteiger partial charge in [0.15, 0.2) is 0 Å². The van der Waals surface area contributed by atoms with Crippen LogP contribution in [0.2, 0.25) is 0 Å². The first-order valence-electron chi connectivity index (χ1n) is 6.19. The molecule has 6 nitrogen and oxygen atoms in total. The molecule has 0 unspecified atom stereocenters. The quantitative estimate of drug-likeness (QED) is 0.722. The van der Waals surface area contributed by atoms with Gasteiger partial charge in [-0.15, -0.1) is 5.10 Å². The fourth-order valence-electron chi connectivity index (χ4n) is 1.69. The van der Waals surface area contributed by atoms with Crippen LogP contribution in [-0.2, 0) is 6.61 Å². The lowest BCUT2D eigenvalue weighted by molar-refractivity contribution is 0.276. The number of rotatable bonds is 4. The number of benzene rings is 1. The van der Waals surface area contributed by atoms with Gasteiger partial charge in [0.05, 0.1) is 11.9 Å². The van der Waals surface area contributed by atoms with E-state index in [1.165, 1.54) is 5.56 Å². The predicted octanol–water partition coefficient (Wildman–Crippen LogP) is 1.94. The Kier molecular flexibility index (Phi) is 3.36. The van der Waals surface area contributed by atoms with Crippen molar-refractivity contribution in [2.24, 2.45) is 0 Å². The summed E-state index contributed by atoms with van der Waals surface area (Å²) in [5, 5.41) is 8.14. The third-order valence-electron chi connectivity index (χ3n) is 2.73. The topological polar surface area (TPSA) is 65.7 Å². The van der Waals surface area contributed by atoms with Gasteiger partial charge in [0, 0.05) is 12.4 Å². The van der Waals surface area contributed by atoms with E-state index >= 15 is 0 Å². The minimum Gasteiger partial charge on any atom is -0.457 e. The molecule has 0 atom stereocenters. The van der Waals surface area contributed by atoms with Gasteiger partial charge in [-0.2, -0.15) is 0 Å². The second-order valence-corrected chi connectivity index (χ2v) is 4.31. The molecule has 3 rings (SSSR count). The number of hydrogen-bond donors (Lipinski definition) is 0. The Morgan fingerprint density at radius 3 is 2.60 bits per heavy atom. The molecular formula is C14H13N5O. The summed E-state index contributed by atoms with van der Waals surface area (Å²) in [7, 11) is 0. The van der Waals surface area contributed by atoms with Gasteiger partial charge in [0.2, 0.25) is 0 Å². The first kappa shape index (κ1) is 12.3. The summed E-state index contributed by atoms with van der Waals surface area (Å²) in [6.45, 7) is 2.33. The molecular weight excluding hydrogens is 254 g/mol. The van der Waals surface area contributed by atoms with Crippen molar-refractivity contribution in [2.45, 2.75) is 13.5 Å². The van der Waals surface area contributed by atoms with Crippen molar-refractivity contribution in [3.05, 3.63) is 60.2 Å². The lowest BCUT2D eigenvalue weighted by Gasteiger charge is -2.00. The van der Waals surface area contributed by atoms with Gasteiger partial charge in [0.1, 0.15) is 12.3 Å². The van der Waals surface area contributed by atoms with E-state index < -0.39 is 0 Å². The molecule has 0 bridgehead atoms. The van der Waals surface area contributed by atoms with Crippen molar-refractivity contribution in [1.29, 1.82) is 0 Å². The first-order chi connectivity index (χ1) is 9.81. The highest BCUT2D eigenvalue weighted by atomic mass is 16.5. The first-order valence-corrected chi connectivity index (χ1v) is 6.19. The van der Waals surface area contributed by atoms with E-state index in [1.54, 1.807) is 23.1 Å². The van der Waals surface area contributed by atoms with Gasteiger partial charge in [-0.25, -0.2) is 14.6 Å². The SMILES string of the molecule is Cc1ccc(-n2cc(COc3ncccn3)nn2)cc1. The number of aromatic nitrogens is 5. The average molecular weight is 267 g/mol. The number of ether oxygens (including phenoxy) is 1. The van der Waals surface area contributed by atoms with Crippen LogP contribution in [0.25, 0.3) is 5.69 Å². The van der Waals surface area contributed by atoms with Crippen LogP contribution in [0, 0.1) is 6.92 Å². The molecule has 0 saturated carbocycles. The molecule has 2 heterocycles. The Hall–Kier alpha value is -2.76. The van der Waals surface area contributed by atoms with Crippen LogP contribution in [0.1, 0.15) is 11.3 Å². The summed E-state index contributed by atoms with van der Waals surface area (Å²) in [6, 6.07) is 10.1. The lowest BCUT2D eigenvalue weighted by Crippen LogP contribution is -1.99. The van der Waals surface area contributed by atoms with Crippen molar-refractivity contribution in [3.8, 4) is 11.7 Å².